The van der Waals surface area contributed by atoms with Crippen molar-refractivity contribution in [2.24, 2.45) is 0 Å². The van der Waals surface area contributed by atoms with Gasteiger partial charge in [-0.05, 0) is 37.1 Å². The molecule has 1 saturated carbocycles. The predicted octanol–water partition coefficient (Wildman–Crippen LogP) is 1.96. The fourth-order valence-electron chi connectivity index (χ4n) is 1.61. The van der Waals surface area contributed by atoms with E-state index >= 15 is 0 Å². The third kappa shape index (κ3) is 2.12. The topological polar surface area (TPSA) is 32.3 Å². The van der Waals surface area contributed by atoms with Crippen LogP contribution in [-0.4, -0.2) is 30.9 Å². The molecule has 80 valence electrons. The summed E-state index contributed by atoms with van der Waals surface area (Å²) in [6, 6.07) is 8.06. The van der Waals surface area contributed by atoms with Gasteiger partial charge in [0.1, 0.15) is 0 Å². The van der Waals surface area contributed by atoms with E-state index < -0.39 is 0 Å². The first kappa shape index (κ1) is 10.0. The lowest BCUT2D eigenvalue weighted by Gasteiger charge is -2.16. The molecule has 1 aliphatic carbocycles. The zero-order valence-electron chi connectivity index (χ0n) is 9.16. The van der Waals surface area contributed by atoms with Crippen LogP contribution in [0, 0.1) is 0 Å². The van der Waals surface area contributed by atoms with Crippen LogP contribution < -0.4 is 5.32 Å². The standard InChI is InChI=1S/C12H16N2O/c1-13-10-5-3-9(4-6-10)12(15)14(2)11-7-8-11/h3-6,11,13H,7-8H2,1-2H3. The van der Waals surface area contributed by atoms with E-state index in [1.165, 1.54) is 0 Å². The van der Waals surface area contributed by atoms with E-state index in [2.05, 4.69) is 5.32 Å². The number of nitrogens with one attached hydrogen (secondary N) is 1. The molecule has 1 aromatic carbocycles. The molecule has 1 aliphatic rings. The Bertz CT molecular complexity index is 354. The molecule has 1 N–H and O–H groups in total. The summed E-state index contributed by atoms with van der Waals surface area (Å²) in [5.74, 6) is 0.125. The molecule has 0 radical (unpaired) electrons. The first-order valence-electron chi connectivity index (χ1n) is 5.27. The average Bonchev–Trinajstić information content (AvgIpc) is 3.11. The van der Waals surface area contributed by atoms with Crippen LogP contribution in [0.5, 0.6) is 0 Å². The molecule has 15 heavy (non-hydrogen) atoms. The number of nitrogens with zero attached hydrogens (tertiary/aromatic N) is 1. The Morgan fingerprint density at radius 1 is 1.33 bits per heavy atom. The highest BCUT2D eigenvalue weighted by molar-refractivity contribution is 5.94. The molecule has 0 aromatic heterocycles. The first-order valence-corrected chi connectivity index (χ1v) is 5.27. The molecule has 0 saturated heterocycles. The Balaban J connectivity index is 2.10. The highest BCUT2D eigenvalue weighted by Gasteiger charge is 2.29. The molecule has 1 aromatic rings. The van der Waals surface area contributed by atoms with Crippen LogP contribution in [0.4, 0.5) is 5.69 Å². The Kier molecular flexibility index (Phi) is 2.62. The van der Waals surface area contributed by atoms with E-state index in [0.717, 1.165) is 24.1 Å². The molecule has 2 rings (SSSR count). The van der Waals surface area contributed by atoms with E-state index in [-0.39, 0.29) is 5.91 Å². The van der Waals surface area contributed by atoms with Crippen molar-refractivity contribution in [3.63, 3.8) is 0 Å². The number of carbonyl (C=O) groups excluding carboxylic acids is 1. The molecule has 3 heteroatoms. The SMILES string of the molecule is CNc1ccc(C(=O)N(C)C2CC2)cc1. The molecule has 0 heterocycles. The van der Waals surface area contributed by atoms with Crippen molar-refractivity contribution in [1.82, 2.24) is 4.90 Å². The lowest BCUT2D eigenvalue weighted by atomic mass is 10.2. The van der Waals surface area contributed by atoms with Gasteiger partial charge in [-0.25, -0.2) is 0 Å². The molecule has 1 fully saturated rings. The number of anilines is 1. The molecule has 1 amide bonds. The third-order valence-corrected chi connectivity index (χ3v) is 2.84. The lowest BCUT2D eigenvalue weighted by molar-refractivity contribution is 0.0785. The summed E-state index contributed by atoms with van der Waals surface area (Å²) in [6.07, 6.45) is 2.30. The Hall–Kier alpha value is -1.51. The van der Waals surface area contributed by atoms with Crippen molar-refractivity contribution >= 4 is 11.6 Å². The van der Waals surface area contributed by atoms with Crippen molar-refractivity contribution in [2.45, 2.75) is 18.9 Å². The van der Waals surface area contributed by atoms with Gasteiger partial charge in [0.15, 0.2) is 0 Å². The third-order valence-electron chi connectivity index (χ3n) is 2.84. The molecule has 0 unspecified atom stereocenters. The van der Waals surface area contributed by atoms with Crippen molar-refractivity contribution in [3.8, 4) is 0 Å². The van der Waals surface area contributed by atoms with Crippen LogP contribution in [0.15, 0.2) is 24.3 Å². The number of benzene rings is 1. The van der Waals surface area contributed by atoms with Crippen LogP contribution in [0.3, 0.4) is 0 Å². The van der Waals surface area contributed by atoms with E-state index in [0.29, 0.717) is 6.04 Å². The van der Waals surface area contributed by atoms with E-state index in [1.807, 2.05) is 43.3 Å². The van der Waals surface area contributed by atoms with Crippen LogP contribution in [0.2, 0.25) is 0 Å². The normalized spacial score (nSPS) is 14.8. The molecule has 3 nitrogen and oxygen atoms in total. The number of rotatable bonds is 3. The first-order chi connectivity index (χ1) is 7.22. The van der Waals surface area contributed by atoms with Gasteiger partial charge >= 0.3 is 0 Å². The van der Waals surface area contributed by atoms with Crippen molar-refractivity contribution < 1.29 is 4.79 Å². The van der Waals surface area contributed by atoms with Crippen LogP contribution >= 0.6 is 0 Å². The van der Waals surface area contributed by atoms with Gasteiger partial charge in [-0.1, -0.05) is 0 Å². The maximum Gasteiger partial charge on any atom is 0.253 e. The predicted molar refractivity (Wildman–Crippen MR) is 61.1 cm³/mol. The quantitative estimate of drug-likeness (QED) is 0.816. The Labute approximate surface area is 90.1 Å². The number of carbonyl (C=O) groups is 1. The number of hydrogen-bond acceptors (Lipinski definition) is 2. The van der Waals surface area contributed by atoms with Gasteiger partial charge in [0.2, 0.25) is 0 Å². The number of amides is 1. The van der Waals surface area contributed by atoms with Crippen molar-refractivity contribution in [1.29, 1.82) is 0 Å². The summed E-state index contributed by atoms with van der Waals surface area (Å²) >= 11 is 0. The molecule has 0 bridgehead atoms. The number of hydrogen-bond donors (Lipinski definition) is 1. The molecule has 0 atom stereocenters. The highest BCUT2D eigenvalue weighted by Crippen LogP contribution is 2.26. The van der Waals surface area contributed by atoms with Gasteiger partial charge in [0.05, 0.1) is 0 Å². The fourth-order valence-corrected chi connectivity index (χ4v) is 1.61. The van der Waals surface area contributed by atoms with Crippen molar-refractivity contribution in [3.05, 3.63) is 29.8 Å². The zero-order chi connectivity index (χ0) is 10.8. The van der Waals surface area contributed by atoms with E-state index in [9.17, 15) is 4.79 Å². The van der Waals surface area contributed by atoms with Crippen LogP contribution in [0.25, 0.3) is 0 Å². The maximum atomic E-state index is 11.9. The van der Waals surface area contributed by atoms with Gasteiger partial charge in [0, 0.05) is 31.4 Å². The van der Waals surface area contributed by atoms with Crippen LogP contribution in [0.1, 0.15) is 23.2 Å². The fraction of sp³-hybridized carbons (Fsp3) is 0.417. The summed E-state index contributed by atoms with van der Waals surface area (Å²) in [7, 11) is 3.75. The van der Waals surface area contributed by atoms with E-state index in [1.54, 1.807) is 0 Å². The van der Waals surface area contributed by atoms with Crippen LogP contribution in [-0.2, 0) is 0 Å². The summed E-state index contributed by atoms with van der Waals surface area (Å²) in [6.45, 7) is 0. The smallest absolute Gasteiger partial charge is 0.253 e. The largest absolute Gasteiger partial charge is 0.388 e. The van der Waals surface area contributed by atoms with Gasteiger partial charge in [-0.15, -0.1) is 0 Å². The van der Waals surface area contributed by atoms with Crippen molar-refractivity contribution in [2.75, 3.05) is 19.4 Å². The van der Waals surface area contributed by atoms with Gasteiger partial charge < -0.3 is 10.2 Å². The highest BCUT2D eigenvalue weighted by atomic mass is 16.2. The maximum absolute atomic E-state index is 11.9. The molecular weight excluding hydrogens is 188 g/mol. The minimum atomic E-state index is 0.125. The molecule has 0 aliphatic heterocycles. The lowest BCUT2D eigenvalue weighted by Crippen LogP contribution is -2.28. The Morgan fingerprint density at radius 2 is 1.93 bits per heavy atom. The van der Waals surface area contributed by atoms with Gasteiger partial charge in [0.25, 0.3) is 5.91 Å². The average molecular weight is 204 g/mol. The Morgan fingerprint density at radius 3 is 2.40 bits per heavy atom. The zero-order valence-corrected chi connectivity index (χ0v) is 9.16. The second kappa shape index (κ2) is 3.93. The minimum Gasteiger partial charge on any atom is -0.388 e. The van der Waals surface area contributed by atoms with Gasteiger partial charge in [-0.2, -0.15) is 0 Å². The summed E-state index contributed by atoms with van der Waals surface area (Å²) in [5.41, 5.74) is 1.80. The monoisotopic (exact) mass is 204 g/mol. The molecular formula is C12H16N2O. The van der Waals surface area contributed by atoms with Gasteiger partial charge in [-0.3, -0.25) is 4.79 Å². The minimum absolute atomic E-state index is 0.125. The summed E-state index contributed by atoms with van der Waals surface area (Å²) in [5, 5.41) is 3.03. The summed E-state index contributed by atoms with van der Waals surface area (Å²) in [4.78, 5) is 13.8. The second-order valence-electron chi connectivity index (χ2n) is 3.97. The van der Waals surface area contributed by atoms with E-state index in [4.69, 9.17) is 0 Å². The molecule has 0 spiro atoms. The summed E-state index contributed by atoms with van der Waals surface area (Å²) < 4.78 is 0. The second-order valence-corrected chi connectivity index (χ2v) is 3.97.